The highest BCUT2D eigenvalue weighted by atomic mass is 19.1. The van der Waals surface area contributed by atoms with E-state index in [1.165, 1.54) is 12.1 Å². The second-order valence-electron chi connectivity index (χ2n) is 4.29. The summed E-state index contributed by atoms with van der Waals surface area (Å²) in [5.74, 6) is -0.0499. The molecule has 0 aliphatic heterocycles. The van der Waals surface area contributed by atoms with Crippen LogP contribution in [0.1, 0.15) is 31.2 Å². The normalized spacial score (nSPS) is 25.8. The lowest BCUT2D eigenvalue weighted by Crippen LogP contribution is -2.49. The fourth-order valence-corrected chi connectivity index (χ4v) is 2.48. The molecule has 0 amide bonds. The van der Waals surface area contributed by atoms with Gasteiger partial charge >= 0.3 is 0 Å². The maximum atomic E-state index is 12.9. The summed E-state index contributed by atoms with van der Waals surface area (Å²) in [5.41, 5.74) is 0.285. The van der Waals surface area contributed by atoms with E-state index in [9.17, 15) is 9.18 Å². The minimum absolute atomic E-state index is 0.216. The molecule has 0 heterocycles. The van der Waals surface area contributed by atoms with Gasteiger partial charge in [0.1, 0.15) is 11.4 Å². The third kappa shape index (κ3) is 1.76. The number of hydrogen-bond donors (Lipinski definition) is 1. The van der Waals surface area contributed by atoms with Crippen LogP contribution in [0.5, 0.6) is 0 Å². The quantitative estimate of drug-likeness (QED) is 0.830. The van der Waals surface area contributed by atoms with Crippen LogP contribution in [0.4, 0.5) is 4.39 Å². The number of hydrogen-bond acceptors (Lipinski definition) is 2. The molecular weight excluding hydrogens is 205 g/mol. The number of carbonyl (C=O) groups is 1. The monoisotopic (exact) mass is 221 g/mol. The van der Waals surface area contributed by atoms with Gasteiger partial charge in [0.15, 0.2) is 5.78 Å². The first-order valence-electron chi connectivity index (χ1n) is 5.67. The summed E-state index contributed by atoms with van der Waals surface area (Å²) in [6.45, 7) is 0. The lowest BCUT2D eigenvalue weighted by atomic mass is 9.75. The highest BCUT2D eigenvalue weighted by Gasteiger charge is 2.39. The summed E-state index contributed by atoms with van der Waals surface area (Å²) >= 11 is 0. The first kappa shape index (κ1) is 11.3. The first-order chi connectivity index (χ1) is 7.69. The number of rotatable bonds is 2. The smallest absolute Gasteiger partial charge is 0.157 e. The summed E-state index contributed by atoms with van der Waals surface area (Å²) in [6.07, 6.45) is 3.40. The highest BCUT2D eigenvalue weighted by Crippen LogP contribution is 2.34. The van der Waals surface area contributed by atoms with Gasteiger partial charge in [0.25, 0.3) is 0 Å². The van der Waals surface area contributed by atoms with Crippen molar-refractivity contribution in [2.45, 2.75) is 31.2 Å². The third-order valence-electron chi connectivity index (χ3n) is 3.45. The number of nitrogens with one attached hydrogen (secondary N) is 1. The average molecular weight is 221 g/mol. The molecule has 1 aliphatic rings. The van der Waals surface area contributed by atoms with Crippen molar-refractivity contribution < 1.29 is 9.18 Å². The average Bonchev–Trinajstić information content (AvgIpc) is 2.31. The number of ketones is 1. The fraction of sp³-hybridized carbons (Fsp3) is 0.462. The molecule has 3 heteroatoms. The fourth-order valence-electron chi connectivity index (χ4n) is 2.48. The predicted molar refractivity (Wildman–Crippen MR) is 60.6 cm³/mol. The van der Waals surface area contributed by atoms with E-state index in [4.69, 9.17) is 0 Å². The van der Waals surface area contributed by atoms with Crippen LogP contribution in [0.15, 0.2) is 24.3 Å². The van der Waals surface area contributed by atoms with Crippen LogP contribution in [0.2, 0.25) is 0 Å². The minimum atomic E-state index is -0.591. The van der Waals surface area contributed by atoms with Crippen molar-refractivity contribution >= 4 is 5.78 Å². The molecule has 0 saturated heterocycles. The topological polar surface area (TPSA) is 29.1 Å². The van der Waals surface area contributed by atoms with Crippen LogP contribution < -0.4 is 5.32 Å². The zero-order valence-corrected chi connectivity index (χ0v) is 9.42. The molecule has 16 heavy (non-hydrogen) atoms. The van der Waals surface area contributed by atoms with Gasteiger partial charge in [-0.2, -0.15) is 0 Å². The molecule has 1 fully saturated rings. The van der Waals surface area contributed by atoms with Gasteiger partial charge in [-0.05, 0) is 37.6 Å². The van der Waals surface area contributed by atoms with E-state index in [0.29, 0.717) is 6.42 Å². The van der Waals surface area contributed by atoms with Gasteiger partial charge in [0.2, 0.25) is 0 Å². The number of carbonyl (C=O) groups excluding carboxylic acids is 1. The highest BCUT2D eigenvalue weighted by molar-refractivity contribution is 5.90. The number of benzene rings is 1. The molecule has 1 aromatic rings. The molecular formula is C13H16FNO. The molecule has 0 bridgehead atoms. The zero-order valence-electron chi connectivity index (χ0n) is 9.42. The molecule has 1 aromatic carbocycles. The summed E-state index contributed by atoms with van der Waals surface area (Å²) in [7, 11) is 1.80. The van der Waals surface area contributed by atoms with E-state index in [2.05, 4.69) is 5.32 Å². The molecule has 1 atom stereocenters. The number of halogens is 1. The van der Waals surface area contributed by atoms with Crippen molar-refractivity contribution in [1.29, 1.82) is 0 Å². The summed E-state index contributed by atoms with van der Waals surface area (Å²) in [6, 6.07) is 6.23. The SMILES string of the molecule is CN[C@]1(c2ccc(F)cc2)CCCCC1=O. The van der Waals surface area contributed by atoms with Crippen LogP contribution in [0.25, 0.3) is 0 Å². The molecule has 0 aromatic heterocycles. The molecule has 0 spiro atoms. The van der Waals surface area contributed by atoms with Crippen molar-refractivity contribution in [3.05, 3.63) is 35.6 Å². The summed E-state index contributed by atoms with van der Waals surface area (Å²) < 4.78 is 12.9. The van der Waals surface area contributed by atoms with Crippen LogP contribution in [0, 0.1) is 5.82 Å². The predicted octanol–water partition coefficient (Wildman–Crippen LogP) is 2.38. The standard InChI is InChI=1S/C13H16FNO/c1-15-13(9-3-2-4-12(13)16)10-5-7-11(14)8-6-10/h5-8,15H,2-4,9H2,1H3/t13-/m0/s1. The van der Waals surface area contributed by atoms with E-state index in [1.54, 1.807) is 19.2 Å². The van der Waals surface area contributed by atoms with E-state index in [1.807, 2.05) is 0 Å². The van der Waals surface area contributed by atoms with E-state index in [0.717, 1.165) is 24.8 Å². The largest absolute Gasteiger partial charge is 0.304 e. The van der Waals surface area contributed by atoms with Gasteiger partial charge in [-0.3, -0.25) is 4.79 Å². The molecule has 2 rings (SSSR count). The molecule has 2 nitrogen and oxygen atoms in total. The van der Waals surface area contributed by atoms with Crippen LogP contribution in [-0.2, 0) is 10.3 Å². The maximum absolute atomic E-state index is 12.9. The minimum Gasteiger partial charge on any atom is -0.304 e. The van der Waals surface area contributed by atoms with Crippen molar-refractivity contribution in [3.8, 4) is 0 Å². The van der Waals surface area contributed by atoms with Crippen LogP contribution in [0.3, 0.4) is 0 Å². The van der Waals surface area contributed by atoms with Crippen molar-refractivity contribution in [2.75, 3.05) is 7.05 Å². The Morgan fingerprint density at radius 1 is 1.25 bits per heavy atom. The second kappa shape index (κ2) is 4.34. The first-order valence-corrected chi connectivity index (χ1v) is 5.67. The van der Waals surface area contributed by atoms with Gasteiger partial charge < -0.3 is 5.32 Å². The Morgan fingerprint density at radius 3 is 2.50 bits per heavy atom. The summed E-state index contributed by atoms with van der Waals surface area (Å²) in [4.78, 5) is 12.1. The molecule has 1 N–H and O–H groups in total. The lowest BCUT2D eigenvalue weighted by Gasteiger charge is -2.36. The van der Waals surface area contributed by atoms with Crippen molar-refractivity contribution in [3.63, 3.8) is 0 Å². The molecule has 1 aliphatic carbocycles. The van der Waals surface area contributed by atoms with Crippen molar-refractivity contribution in [1.82, 2.24) is 5.32 Å². The van der Waals surface area contributed by atoms with Gasteiger partial charge in [-0.15, -0.1) is 0 Å². The van der Waals surface area contributed by atoms with Gasteiger partial charge in [-0.1, -0.05) is 18.6 Å². The Labute approximate surface area is 94.9 Å². The molecule has 86 valence electrons. The molecule has 0 radical (unpaired) electrons. The van der Waals surface area contributed by atoms with E-state index < -0.39 is 5.54 Å². The Bertz CT molecular complexity index is 387. The van der Waals surface area contributed by atoms with Crippen molar-refractivity contribution in [2.24, 2.45) is 0 Å². The van der Waals surface area contributed by atoms with Gasteiger partial charge in [-0.25, -0.2) is 4.39 Å². The van der Waals surface area contributed by atoms with Gasteiger partial charge in [0.05, 0.1) is 0 Å². The van der Waals surface area contributed by atoms with Crippen LogP contribution in [-0.4, -0.2) is 12.8 Å². The van der Waals surface area contributed by atoms with Gasteiger partial charge in [0, 0.05) is 6.42 Å². The lowest BCUT2D eigenvalue weighted by molar-refractivity contribution is -0.127. The number of likely N-dealkylation sites (N-methyl/N-ethyl adjacent to an activating group) is 1. The maximum Gasteiger partial charge on any atom is 0.157 e. The van der Waals surface area contributed by atoms with E-state index in [-0.39, 0.29) is 11.6 Å². The zero-order chi connectivity index (χ0) is 11.6. The Hall–Kier alpha value is -1.22. The number of Topliss-reactive ketones (excluding diaryl/α,β-unsaturated/α-hetero) is 1. The third-order valence-corrected chi connectivity index (χ3v) is 3.45. The second-order valence-corrected chi connectivity index (χ2v) is 4.29. The Kier molecular flexibility index (Phi) is 3.06. The summed E-state index contributed by atoms with van der Waals surface area (Å²) in [5, 5.41) is 3.13. The molecule has 1 saturated carbocycles. The molecule has 0 unspecified atom stereocenters. The van der Waals surface area contributed by atoms with E-state index >= 15 is 0 Å². The van der Waals surface area contributed by atoms with Crippen LogP contribution >= 0.6 is 0 Å². The Balaban J connectivity index is 2.40. The Morgan fingerprint density at radius 2 is 1.94 bits per heavy atom.